The summed E-state index contributed by atoms with van der Waals surface area (Å²) in [5.41, 5.74) is 0. The van der Waals surface area contributed by atoms with E-state index in [1.165, 1.54) is 0 Å². The molecule has 0 atom stereocenters. The van der Waals surface area contributed by atoms with Gasteiger partial charge in [-0.3, -0.25) is 0 Å². The van der Waals surface area contributed by atoms with Gasteiger partial charge in [-0.2, -0.15) is 0 Å². The zero-order valence-corrected chi connectivity index (χ0v) is 7.94. The van der Waals surface area contributed by atoms with Gasteiger partial charge in [-0.15, -0.1) is 0 Å². The summed E-state index contributed by atoms with van der Waals surface area (Å²) in [4.78, 5) is 0. The third-order valence-corrected chi connectivity index (χ3v) is 0. The molecular formula is C3H9AuClP. The Hall–Kier alpha value is 1.46. The van der Waals surface area contributed by atoms with Gasteiger partial charge in [0.1, 0.15) is 0 Å². The molecule has 0 saturated heterocycles. The van der Waals surface area contributed by atoms with Crippen molar-refractivity contribution in [3.05, 3.63) is 0 Å². The van der Waals surface area contributed by atoms with Gasteiger partial charge in [0, 0.05) is 0 Å². The van der Waals surface area contributed by atoms with Gasteiger partial charge in [0.15, 0.2) is 0 Å². The Kier molecular flexibility index (Phi) is 1.82. The van der Waals surface area contributed by atoms with Crippen LogP contribution in [0.15, 0.2) is 0 Å². The minimum atomic E-state index is -1.63. The molecule has 0 rings (SSSR count). The van der Waals surface area contributed by atoms with Crippen LogP contribution in [0.4, 0.5) is 0 Å². The molecule has 6 heavy (non-hydrogen) atoms. The zero-order valence-electron chi connectivity index (χ0n) is 4.13. The first-order chi connectivity index (χ1) is 2.24. The number of hydrogen-bond acceptors (Lipinski definition) is 0. The fraction of sp³-hybridized carbons (Fsp3) is 1.00. The number of halogens is 1. The normalized spacial score (nSPS) is 19.3. The molecule has 0 aliphatic carbocycles. The first kappa shape index (κ1) is 7.46. The molecular weight excluding hydrogens is 299 g/mol. The summed E-state index contributed by atoms with van der Waals surface area (Å²) in [6.45, 7) is 6.24. The monoisotopic (exact) mass is 308 g/mol. The van der Waals surface area contributed by atoms with Crippen molar-refractivity contribution >= 4 is 15.1 Å². The van der Waals surface area contributed by atoms with Gasteiger partial charge in [0.05, 0.1) is 0 Å². The van der Waals surface area contributed by atoms with Gasteiger partial charge in [-0.1, -0.05) is 0 Å². The van der Waals surface area contributed by atoms with Gasteiger partial charge in [0.25, 0.3) is 0 Å². The second-order valence-electron chi connectivity index (χ2n) is 2.30. The maximum atomic E-state index is 5.89. The zero-order chi connectivity index (χ0) is 5.45. The molecule has 0 heterocycles. The summed E-state index contributed by atoms with van der Waals surface area (Å²) in [7, 11) is 0. The third-order valence-electron chi connectivity index (χ3n) is 0. The SMILES string of the molecule is C[P](C)(C)(Cl)[Au]. The van der Waals surface area contributed by atoms with E-state index in [1.54, 1.807) is 0 Å². The quantitative estimate of drug-likeness (QED) is 0.475. The molecule has 0 saturated carbocycles. The number of rotatable bonds is 0. The average Bonchev–Trinajstić information content (AvgIpc) is 0.650. The molecule has 0 aliphatic rings. The second-order valence-corrected chi connectivity index (χ2v) is 22.3. The predicted octanol–water partition coefficient (Wildman–Crippen LogP) is 2.04. The van der Waals surface area contributed by atoms with Crippen molar-refractivity contribution in [2.45, 2.75) is 0 Å². The molecule has 0 aliphatic heterocycles. The minimum absolute atomic E-state index is 1.63. The molecule has 0 aromatic heterocycles. The molecule has 0 unspecified atom stereocenters. The van der Waals surface area contributed by atoms with Crippen LogP contribution in [0.5, 0.6) is 0 Å². The third kappa shape index (κ3) is 50.9. The van der Waals surface area contributed by atoms with Crippen LogP contribution in [-0.4, -0.2) is 20.0 Å². The molecule has 0 bridgehead atoms. The summed E-state index contributed by atoms with van der Waals surface area (Å²) < 4.78 is -1.63. The molecule has 0 spiro atoms. The van der Waals surface area contributed by atoms with Crippen molar-refractivity contribution in [1.29, 1.82) is 0 Å². The molecule has 0 nitrogen and oxygen atoms in total. The molecule has 0 aromatic carbocycles. The van der Waals surface area contributed by atoms with E-state index in [0.717, 1.165) is 0 Å². The van der Waals surface area contributed by atoms with Gasteiger partial charge in [-0.25, -0.2) is 0 Å². The van der Waals surface area contributed by atoms with E-state index >= 15 is 0 Å². The molecule has 0 fully saturated rings. The van der Waals surface area contributed by atoms with E-state index < -0.39 is 3.85 Å². The van der Waals surface area contributed by atoms with Crippen molar-refractivity contribution in [3.63, 3.8) is 0 Å². The van der Waals surface area contributed by atoms with Crippen LogP contribution < -0.4 is 0 Å². The average molecular weight is 308 g/mol. The fourth-order valence-corrected chi connectivity index (χ4v) is 0. The van der Waals surface area contributed by atoms with Crippen LogP contribution in [0.25, 0.3) is 0 Å². The Morgan fingerprint density at radius 3 is 1.33 bits per heavy atom. The van der Waals surface area contributed by atoms with Crippen LogP contribution in [0.1, 0.15) is 0 Å². The van der Waals surface area contributed by atoms with Crippen LogP contribution in [0.3, 0.4) is 0 Å². The van der Waals surface area contributed by atoms with Gasteiger partial charge < -0.3 is 0 Å². The molecule has 0 N–H and O–H groups in total. The van der Waals surface area contributed by atoms with Crippen LogP contribution in [-0.2, 0) is 20.5 Å². The van der Waals surface area contributed by atoms with Gasteiger partial charge in [-0.05, 0) is 0 Å². The van der Waals surface area contributed by atoms with Gasteiger partial charge >= 0.3 is 55.6 Å². The summed E-state index contributed by atoms with van der Waals surface area (Å²) >= 11 is 8.37. The first-order valence-electron chi connectivity index (χ1n) is 1.65. The topological polar surface area (TPSA) is 0 Å². The van der Waals surface area contributed by atoms with Crippen molar-refractivity contribution in [3.8, 4) is 0 Å². The molecule has 0 amide bonds. The maximum absolute atomic E-state index is 5.89. The second kappa shape index (κ2) is 1.47. The Bertz CT molecular complexity index is 44.0. The summed E-state index contributed by atoms with van der Waals surface area (Å²) in [5, 5.41) is 0. The van der Waals surface area contributed by atoms with E-state index in [-0.39, 0.29) is 0 Å². The summed E-state index contributed by atoms with van der Waals surface area (Å²) in [6, 6.07) is 0. The standard InChI is InChI=1S/C3H9ClP.Au/c1-5(2,3)4;/h1-3H3;/q+1;-1. The van der Waals surface area contributed by atoms with Crippen LogP contribution in [0.2, 0.25) is 0 Å². The first-order valence-corrected chi connectivity index (χ1v) is 8.86. The van der Waals surface area contributed by atoms with Gasteiger partial charge in [0.2, 0.25) is 0 Å². The molecule has 3 heteroatoms. The summed E-state index contributed by atoms with van der Waals surface area (Å²) in [5.74, 6) is 0. The Morgan fingerprint density at radius 2 is 1.33 bits per heavy atom. The molecule has 44 valence electrons. The molecule has 0 aromatic rings. The van der Waals surface area contributed by atoms with E-state index in [4.69, 9.17) is 11.2 Å². The van der Waals surface area contributed by atoms with E-state index in [1.807, 2.05) is 0 Å². The fourth-order valence-electron chi connectivity index (χ4n) is 0. The Balaban J connectivity index is 3.73. The van der Waals surface area contributed by atoms with Crippen molar-refractivity contribution in [2.75, 3.05) is 20.0 Å². The van der Waals surface area contributed by atoms with E-state index in [9.17, 15) is 0 Å². The molecule has 0 radical (unpaired) electrons. The van der Waals surface area contributed by atoms with Crippen LogP contribution in [0, 0.1) is 0 Å². The van der Waals surface area contributed by atoms with Crippen LogP contribution >= 0.6 is 15.1 Å². The summed E-state index contributed by atoms with van der Waals surface area (Å²) in [6.07, 6.45) is 0. The Morgan fingerprint density at radius 1 is 1.33 bits per heavy atom. The van der Waals surface area contributed by atoms with Crippen molar-refractivity contribution in [2.24, 2.45) is 0 Å². The Labute approximate surface area is 55.7 Å². The van der Waals surface area contributed by atoms with Crippen molar-refractivity contribution in [1.82, 2.24) is 0 Å². The van der Waals surface area contributed by atoms with E-state index in [2.05, 4.69) is 40.5 Å². The van der Waals surface area contributed by atoms with Crippen molar-refractivity contribution < 1.29 is 20.5 Å². The predicted molar refractivity (Wildman–Crippen MR) is 30.5 cm³/mol. The van der Waals surface area contributed by atoms with E-state index in [0.29, 0.717) is 0 Å². The number of hydrogen-bond donors (Lipinski definition) is 0.